The van der Waals surface area contributed by atoms with E-state index in [1.165, 1.54) is 0 Å². The van der Waals surface area contributed by atoms with Crippen molar-refractivity contribution in [3.8, 4) is 18.1 Å². The van der Waals surface area contributed by atoms with Crippen molar-refractivity contribution < 1.29 is 9.53 Å². The van der Waals surface area contributed by atoms with Crippen LogP contribution in [0.1, 0.15) is 6.42 Å². The van der Waals surface area contributed by atoms with Crippen molar-refractivity contribution in [3.05, 3.63) is 24.3 Å². The van der Waals surface area contributed by atoms with Crippen LogP contribution in [0.5, 0.6) is 5.75 Å². The average molecular weight is 244 g/mol. The largest absolute Gasteiger partial charge is 0.491 e. The molecule has 94 valence electrons. The summed E-state index contributed by atoms with van der Waals surface area (Å²) in [5.41, 5.74) is 0.964. The molecule has 1 aromatic rings. The van der Waals surface area contributed by atoms with Crippen LogP contribution in [0.3, 0.4) is 0 Å². The average Bonchev–Trinajstić information content (AvgIpc) is 2.59. The summed E-state index contributed by atoms with van der Waals surface area (Å²) in [5, 5.41) is 2.67. The summed E-state index contributed by atoms with van der Waals surface area (Å²) in [6.07, 6.45) is 6.01. The lowest BCUT2D eigenvalue weighted by atomic mass is 10.2. The zero-order valence-corrected chi connectivity index (χ0v) is 10.2. The maximum Gasteiger partial charge on any atom is 0.240 e. The van der Waals surface area contributed by atoms with Crippen LogP contribution in [0.25, 0.3) is 0 Å². The zero-order valence-electron chi connectivity index (χ0n) is 10.2. The molecule has 18 heavy (non-hydrogen) atoms. The van der Waals surface area contributed by atoms with Gasteiger partial charge in [-0.05, 0) is 18.6 Å². The summed E-state index contributed by atoms with van der Waals surface area (Å²) in [7, 11) is 0. The highest BCUT2D eigenvalue weighted by Crippen LogP contribution is 2.29. The monoisotopic (exact) mass is 244 g/mol. The first kappa shape index (κ1) is 12.3. The van der Waals surface area contributed by atoms with Crippen LogP contribution in [0, 0.1) is 12.3 Å². The van der Waals surface area contributed by atoms with Crippen molar-refractivity contribution >= 4 is 11.6 Å². The fraction of sp³-hybridized carbons (Fsp3) is 0.357. The third-order valence-electron chi connectivity index (χ3n) is 2.76. The van der Waals surface area contributed by atoms with Crippen LogP contribution < -0.4 is 15.0 Å². The summed E-state index contributed by atoms with van der Waals surface area (Å²) < 4.78 is 5.64. The number of hydrogen-bond acceptors (Lipinski definition) is 3. The predicted octanol–water partition coefficient (Wildman–Crippen LogP) is 1.02. The van der Waals surface area contributed by atoms with Gasteiger partial charge in [0.05, 0.1) is 25.4 Å². The first-order chi connectivity index (χ1) is 8.81. The molecule has 1 heterocycles. The van der Waals surface area contributed by atoms with Gasteiger partial charge in [0.2, 0.25) is 5.91 Å². The topological polar surface area (TPSA) is 41.6 Å². The van der Waals surface area contributed by atoms with E-state index in [0.717, 1.165) is 24.4 Å². The maximum atomic E-state index is 11.7. The lowest BCUT2D eigenvalue weighted by Gasteiger charge is -2.22. The molecule has 1 aliphatic rings. The molecule has 0 saturated heterocycles. The SMILES string of the molecule is C#CCNC(=O)CN1CCCOc2ccccc21. The van der Waals surface area contributed by atoms with Gasteiger partial charge in [-0.15, -0.1) is 6.42 Å². The Hall–Kier alpha value is -2.15. The number of nitrogens with zero attached hydrogens (tertiary/aromatic N) is 1. The maximum absolute atomic E-state index is 11.7. The van der Waals surface area contributed by atoms with Gasteiger partial charge in [-0.2, -0.15) is 0 Å². The van der Waals surface area contributed by atoms with Gasteiger partial charge in [0, 0.05) is 6.54 Å². The third kappa shape index (κ3) is 2.95. The second kappa shape index (κ2) is 5.97. The van der Waals surface area contributed by atoms with Crippen LogP contribution in [-0.4, -0.2) is 32.1 Å². The van der Waals surface area contributed by atoms with E-state index in [2.05, 4.69) is 11.2 Å². The minimum atomic E-state index is -0.0651. The molecule has 0 radical (unpaired) electrons. The number of ether oxygens (including phenoxy) is 1. The summed E-state index contributed by atoms with van der Waals surface area (Å²) in [6.45, 7) is 2.06. The molecule has 4 heteroatoms. The molecule has 0 fully saturated rings. The predicted molar refractivity (Wildman–Crippen MR) is 70.6 cm³/mol. The van der Waals surface area contributed by atoms with Gasteiger partial charge in [0.15, 0.2) is 0 Å². The molecule has 4 nitrogen and oxygen atoms in total. The van der Waals surface area contributed by atoms with Crippen LogP contribution in [0.2, 0.25) is 0 Å². The molecular weight excluding hydrogens is 228 g/mol. The first-order valence-corrected chi connectivity index (χ1v) is 5.98. The standard InChI is InChI=1S/C14H16N2O2/c1-2-8-15-14(17)11-16-9-5-10-18-13-7-4-3-6-12(13)16/h1,3-4,6-7H,5,8-11H2,(H,15,17). The quantitative estimate of drug-likeness (QED) is 0.807. The first-order valence-electron chi connectivity index (χ1n) is 5.98. The molecule has 1 N–H and O–H groups in total. The molecule has 0 unspecified atom stereocenters. The molecule has 0 atom stereocenters. The molecule has 0 aromatic heterocycles. The Labute approximate surface area is 107 Å². The van der Waals surface area contributed by atoms with Gasteiger partial charge in [-0.25, -0.2) is 0 Å². The Kier molecular flexibility index (Phi) is 4.08. The third-order valence-corrected chi connectivity index (χ3v) is 2.76. The second-order valence-corrected chi connectivity index (χ2v) is 4.07. The summed E-state index contributed by atoms with van der Waals surface area (Å²) in [4.78, 5) is 13.7. The number of carbonyl (C=O) groups is 1. The highest BCUT2D eigenvalue weighted by molar-refractivity contribution is 5.82. The van der Waals surface area contributed by atoms with Crippen molar-refractivity contribution in [1.82, 2.24) is 5.32 Å². The Morgan fingerprint density at radius 1 is 1.50 bits per heavy atom. The molecule has 0 bridgehead atoms. The Morgan fingerprint density at radius 2 is 2.33 bits per heavy atom. The van der Waals surface area contributed by atoms with E-state index in [1.54, 1.807) is 0 Å². The number of hydrogen-bond donors (Lipinski definition) is 1. The normalized spacial score (nSPS) is 13.8. The molecule has 1 aromatic carbocycles. The highest BCUT2D eigenvalue weighted by atomic mass is 16.5. The van der Waals surface area contributed by atoms with Crippen molar-refractivity contribution in [2.24, 2.45) is 0 Å². The second-order valence-electron chi connectivity index (χ2n) is 4.07. The lowest BCUT2D eigenvalue weighted by molar-refractivity contribution is -0.119. The van der Waals surface area contributed by atoms with Gasteiger partial charge in [-0.3, -0.25) is 4.79 Å². The van der Waals surface area contributed by atoms with Gasteiger partial charge in [0.1, 0.15) is 5.75 Å². The summed E-state index contributed by atoms with van der Waals surface area (Å²) in [5.74, 6) is 3.16. The Balaban J connectivity index is 2.08. The Morgan fingerprint density at radius 3 is 3.17 bits per heavy atom. The number of anilines is 1. The number of rotatable bonds is 3. The Bertz CT molecular complexity index is 465. The number of carbonyl (C=O) groups excluding carboxylic acids is 1. The summed E-state index contributed by atoms with van der Waals surface area (Å²) >= 11 is 0. The molecule has 2 rings (SSSR count). The highest BCUT2D eigenvalue weighted by Gasteiger charge is 2.17. The molecular formula is C14H16N2O2. The van der Waals surface area contributed by atoms with E-state index in [4.69, 9.17) is 11.2 Å². The van der Waals surface area contributed by atoms with E-state index in [-0.39, 0.29) is 12.5 Å². The number of benzene rings is 1. The number of nitrogens with one attached hydrogen (secondary N) is 1. The van der Waals surface area contributed by atoms with Gasteiger partial charge in [-0.1, -0.05) is 18.1 Å². The van der Waals surface area contributed by atoms with Gasteiger partial charge < -0.3 is 15.0 Å². The number of fused-ring (bicyclic) bond motifs is 1. The molecule has 1 aliphatic heterocycles. The lowest BCUT2D eigenvalue weighted by Crippen LogP contribution is -2.37. The molecule has 1 amide bonds. The fourth-order valence-electron chi connectivity index (χ4n) is 1.94. The minimum Gasteiger partial charge on any atom is -0.491 e. The number of terminal acetylenes is 1. The molecule has 0 saturated carbocycles. The van der Waals surface area contributed by atoms with Gasteiger partial charge >= 0.3 is 0 Å². The molecule has 0 spiro atoms. The van der Waals surface area contributed by atoms with Crippen LogP contribution >= 0.6 is 0 Å². The minimum absolute atomic E-state index is 0.0651. The fourth-order valence-corrected chi connectivity index (χ4v) is 1.94. The van der Waals surface area contributed by atoms with Crippen molar-refractivity contribution in [2.45, 2.75) is 6.42 Å². The molecule has 0 aliphatic carbocycles. The van der Waals surface area contributed by atoms with E-state index in [9.17, 15) is 4.79 Å². The van der Waals surface area contributed by atoms with E-state index < -0.39 is 0 Å². The van der Waals surface area contributed by atoms with E-state index >= 15 is 0 Å². The number of para-hydroxylation sites is 2. The summed E-state index contributed by atoms with van der Waals surface area (Å²) in [6, 6.07) is 7.77. The van der Waals surface area contributed by atoms with Crippen LogP contribution in [-0.2, 0) is 4.79 Å². The smallest absolute Gasteiger partial charge is 0.240 e. The van der Waals surface area contributed by atoms with E-state index in [1.807, 2.05) is 29.2 Å². The van der Waals surface area contributed by atoms with Gasteiger partial charge in [0.25, 0.3) is 0 Å². The number of amides is 1. The van der Waals surface area contributed by atoms with Crippen molar-refractivity contribution in [3.63, 3.8) is 0 Å². The van der Waals surface area contributed by atoms with Crippen molar-refractivity contribution in [1.29, 1.82) is 0 Å². The zero-order chi connectivity index (χ0) is 12.8. The van der Waals surface area contributed by atoms with Crippen LogP contribution in [0.15, 0.2) is 24.3 Å². The van der Waals surface area contributed by atoms with E-state index in [0.29, 0.717) is 13.2 Å². The van der Waals surface area contributed by atoms with Crippen molar-refractivity contribution in [2.75, 3.05) is 31.1 Å². The van der Waals surface area contributed by atoms with Crippen LogP contribution in [0.4, 0.5) is 5.69 Å².